The Morgan fingerprint density at radius 1 is 0.778 bits per heavy atom. The summed E-state index contributed by atoms with van der Waals surface area (Å²) in [6.45, 7) is 18.6. The summed E-state index contributed by atoms with van der Waals surface area (Å²) in [6, 6.07) is 0. The first-order valence-electron chi connectivity index (χ1n) is 7.34. The molecular formula is C16H36O2. The zero-order chi connectivity index (χ0) is 14.8. The Balaban J connectivity index is 0. The van der Waals surface area contributed by atoms with E-state index in [1.165, 1.54) is 25.7 Å². The van der Waals surface area contributed by atoms with Gasteiger partial charge in [-0.1, -0.05) is 46.5 Å². The van der Waals surface area contributed by atoms with Crippen molar-refractivity contribution in [3.63, 3.8) is 0 Å². The van der Waals surface area contributed by atoms with Crippen molar-refractivity contribution in [2.75, 3.05) is 0 Å². The van der Waals surface area contributed by atoms with E-state index in [2.05, 4.69) is 20.8 Å². The Labute approximate surface area is 115 Å². The highest BCUT2D eigenvalue weighted by Gasteiger charge is 2.18. The fourth-order valence-corrected chi connectivity index (χ4v) is 1.05. The van der Waals surface area contributed by atoms with E-state index in [-0.39, 0.29) is 11.2 Å². The molecule has 0 saturated carbocycles. The van der Waals surface area contributed by atoms with Crippen LogP contribution in [0, 0.1) is 5.92 Å². The lowest BCUT2D eigenvalue weighted by atomic mass is 10.1. The van der Waals surface area contributed by atoms with Crippen molar-refractivity contribution in [1.29, 1.82) is 0 Å². The first-order valence-corrected chi connectivity index (χ1v) is 7.34. The van der Waals surface area contributed by atoms with Crippen molar-refractivity contribution >= 4 is 0 Å². The Bertz CT molecular complexity index is 159. The van der Waals surface area contributed by atoms with Crippen LogP contribution in [0.15, 0.2) is 0 Å². The number of unbranched alkanes of at least 4 members (excludes halogenated alkanes) is 2. The average Bonchev–Trinajstić information content (AvgIpc) is 2.14. The highest BCUT2D eigenvalue weighted by atomic mass is 17.2. The highest BCUT2D eigenvalue weighted by Crippen LogP contribution is 2.14. The number of hydrogen-bond acceptors (Lipinski definition) is 2. The molecular weight excluding hydrogens is 224 g/mol. The van der Waals surface area contributed by atoms with Crippen LogP contribution < -0.4 is 0 Å². The van der Waals surface area contributed by atoms with Gasteiger partial charge >= 0.3 is 0 Å². The molecule has 0 spiro atoms. The molecule has 0 aliphatic heterocycles. The van der Waals surface area contributed by atoms with Gasteiger partial charge in [0.05, 0.1) is 11.2 Å². The first kappa shape index (κ1) is 20.2. The van der Waals surface area contributed by atoms with Crippen molar-refractivity contribution in [1.82, 2.24) is 0 Å². The van der Waals surface area contributed by atoms with Gasteiger partial charge in [-0.25, -0.2) is 9.78 Å². The van der Waals surface area contributed by atoms with Gasteiger partial charge in [0.15, 0.2) is 0 Å². The normalized spacial score (nSPS) is 12.3. The molecule has 0 heterocycles. The van der Waals surface area contributed by atoms with E-state index in [1.807, 2.05) is 41.5 Å². The molecule has 0 N–H and O–H groups in total. The maximum atomic E-state index is 5.09. The maximum Gasteiger partial charge on any atom is 0.0952 e. The van der Waals surface area contributed by atoms with Gasteiger partial charge in [0.2, 0.25) is 0 Å². The van der Waals surface area contributed by atoms with Gasteiger partial charge in [-0.2, -0.15) is 0 Å². The topological polar surface area (TPSA) is 18.5 Å². The largest absolute Gasteiger partial charge is 0.230 e. The lowest BCUT2D eigenvalue weighted by Gasteiger charge is -2.24. The van der Waals surface area contributed by atoms with Gasteiger partial charge in [-0.3, -0.25) is 0 Å². The van der Waals surface area contributed by atoms with Crippen molar-refractivity contribution in [2.24, 2.45) is 5.92 Å². The van der Waals surface area contributed by atoms with Crippen LogP contribution in [0.25, 0.3) is 0 Å². The van der Waals surface area contributed by atoms with Gasteiger partial charge in [0.1, 0.15) is 0 Å². The molecule has 0 unspecified atom stereocenters. The van der Waals surface area contributed by atoms with Crippen LogP contribution in [0.4, 0.5) is 0 Å². The fraction of sp³-hybridized carbons (Fsp3) is 1.00. The van der Waals surface area contributed by atoms with Gasteiger partial charge in [-0.15, -0.1) is 0 Å². The van der Waals surface area contributed by atoms with E-state index < -0.39 is 0 Å². The predicted molar refractivity (Wildman–Crippen MR) is 80.7 cm³/mol. The molecule has 2 heteroatoms. The molecule has 2 nitrogen and oxygen atoms in total. The van der Waals surface area contributed by atoms with Gasteiger partial charge in [0, 0.05) is 0 Å². The minimum Gasteiger partial charge on any atom is -0.230 e. The number of rotatable bonds is 5. The van der Waals surface area contributed by atoms with Crippen LogP contribution in [0.1, 0.15) is 88.0 Å². The van der Waals surface area contributed by atoms with Gasteiger partial charge in [-0.05, 0) is 47.5 Å². The SMILES string of the molecule is CC(C)(C)OOC(C)(C)C.CCCCCC(C)C. The third-order valence-corrected chi connectivity index (χ3v) is 1.93. The predicted octanol–water partition coefficient (Wildman–Crippen LogP) is 5.75. The van der Waals surface area contributed by atoms with E-state index in [9.17, 15) is 0 Å². The van der Waals surface area contributed by atoms with Crippen LogP contribution in [-0.4, -0.2) is 11.2 Å². The summed E-state index contributed by atoms with van der Waals surface area (Å²) in [5.74, 6) is 0.904. The smallest absolute Gasteiger partial charge is 0.0952 e. The van der Waals surface area contributed by atoms with Gasteiger partial charge < -0.3 is 0 Å². The van der Waals surface area contributed by atoms with Crippen molar-refractivity contribution in [2.45, 2.75) is 99.2 Å². The average molecular weight is 260 g/mol. The second kappa shape index (κ2) is 9.80. The van der Waals surface area contributed by atoms with Crippen LogP contribution in [0.2, 0.25) is 0 Å². The molecule has 0 aromatic carbocycles. The summed E-state index contributed by atoms with van der Waals surface area (Å²) in [5, 5.41) is 0. The molecule has 0 radical (unpaired) electrons. The zero-order valence-corrected chi connectivity index (χ0v) is 14.2. The van der Waals surface area contributed by atoms with E-state index >= 15 is 0 Å². The maximum absolute atomic E-state index is 5.09. The van der Waals surface area contributed by atoms with Crippen molar-refractivity contribution in [3.05, 3.63) is 0 Å². The second-order valence-corrected chi connectivity index (χ2v) is 7.28. The Morgan fingerprint density at radius 2 is 1.17 bits per heavy atom. The number of hydrogen-bond donors (Lipinski definition) is 0. The summed E-state index contributed by atoms with van der Waals surface area (Å²) >= 11 is 0. The van der Waals surface area contributed by atoms with Crippen LogP contribution in [0.5, 0.6) is 0 Å². The Hall–Kier alpha value is -0.0800. The van der Waals surface area contributed by atoms with Crippen LogP contribution in [-0.2, 0) is 9.78 Å². The molecule has 0 saturated heterocycles. The third-order valence-electron chi connectivity index (χ3n) is 1.93. The minimum absolute atomic E-state index is 0.215. The lowest BCUT2D eigenvalue weighted by molar-refractivity contribution is -0.393. The quantitative estimate of drug-likeness (QED) is 0.356. The van der Waals surface area contributed by atoms with Crippen molar-refractivity contribution in [3.8, 4) is 0 Å². The summed E-state index contributed by atoms with van der Waals surface area (Å²) < 4.78 is 0. The molecule has 0 aromatic rings. The molecule has 0 aliphatic rings. The standard InChI is InChI=1S/C8H18O2.C8H18/c1-7(2,3)9-10-8(4,5)6;1-4-5-6-7-8(2)3/h1-6H3;8H,4-7H2,1-3H3. The Kier molecular flexibility index (Phi) is 11.0. The zero-order valence-electron chi connectivity index (χ0n) is 14.2. The summed E-state index contributed by atoms with van der Waals surface area (Å²) in [7, 11) is 0. The minimum atomic E-state index is -0.215. The van der Waals surface area contributed by atoms with E-state index in [0.717, 1.165) is 5.92 Å². The molecule has 0 aromatic heterocycles. The molecule has 0 fully saturated rings. The lowest BCUT2D eigenvalue weighted by Crippen LogP contribution is -2.27. The molecule has 0 amide bonds. The van der Waals surface area contributed by atoms with E-state index in [4.69, 9.17) is 9.78 Å². The molecule has 18 heavy (non-hydrogen) atoms. The Morgan fingerprint density at radius 3 is 1.39 bits per heavy atom. The molecule has 112 valence electrons. The molecule has 0 atom stereocenters. The molecule has 0 aliphatic carbocycles. The molecule has 0 rings (SSSR count). The summed E-state index contributed by atoms with van der Waals surface area (Å²) in [4.78, 5) is 10.2. The fourth-order valence-electron chi connectivity index (χ4n) is 1.05. The summed E-state index contributed by atoms with van der Waals surface area (Å²) in [5.41, 5.74) is -0.430. The second-order valence-electron chi connectivity index (χ2n) is 7.28. The van der Waals surface area contributed by atoms with Crippen LogP contribution in [0.3, 0.4) is 0 Å². The monoisotopic (exact) mass is 260 g/mol. The molecule has 0 bridgehead atoms. The summed E-state index contributed by atoms with van der Waals surface area (Å²) in [6.07, 6.45) is 5.60. The third kappa shape index (κ3) is 24.9. The van der Waals surface area contributed by atoms with Gasteiger partial charge in [0.25, 0.3) is 0 Å². The highest BCUT2D eigenvalue weighted by molar-refractivity contribution is 4.58. The van der Waals surface area contributed by atoms with Crippen molar-refractivity contribution < 1.29 is 9.78 Å². The van der Waals surface area contributed by atoms with Crippen LogP contribution >= 0.6 is 0 Å². The van der Waals surface area contributed by atoms with E-state index in [1.54, 1.807) is 0 Å². The first-order chi connectivity index (χ1) is 7.98. The van der Waals surface area contributed by atoms with E-state index in [0.29, 0.717) is 0 Å².